The van der Waals surface area contributed by atoms with Crippen LogP contribution >= 0.6 is 0 Å². The number of hydrogen-bond acceptors (Lipinski definition) is 5. The van der Waals surface area contributed by atoms with Gasteiger partial charge in [0.2, 0.25) is 0 Å². The second-order valence-corrected chi connectivity index (χ2v) is 9.51. The lowest BCUT2D eigenvalue weighted by atomic mass is 10.1. The normalized spacial score (nSPS) is 13.8. The van der Waals surface area contributed by atoms with Gasteiger partial charge in [0.05, 0.1) is 22.7 Å². The zero-order valence-electron chi connectivity index (χ0n) is 17.1. The molecule has 0 radical (unpaired) electrons. The van der Waals surface area contributed by atoms with E-state index in [4.69, 9.17) is 4.74 Å². The van der Waals surface area contributed by atoms with Crippen molar-refractivity contribution in [1.82, 2.24) is 14.7 Å². The molecule has 1 aromatic heterocycles. The Hall–Kier alpha value is -3.41. The predicted octanol–water partition coefficient (Wildman–Crippen LogP) is 3.51. The van der Waals surface area contributed by atoms with Crippen LogP contribution in [-0.4, -0.2) is 48.0 Å². The van der Waals surface area contributed by atoms with Crippen LogP contribution in [0.3, 0.4) is 0 Å². The number of sulfone groups is 1. The number of fused-ring (bicyclic) bond motifs is 1. The summed E-state index contributed by atoms with van der Waals surface area (Å²) in [6.45, 7) is -1.57. The SMILES string of the molecule is CS(=O)(=O)c1ccc(OCC(F)(F)F)c(C(=O)N2Cc3cn(-c4ccccc4F)nc3C2)c1. The molecule has 1 aliphatic heterocycles. The molecular formula is C21H17F4N3O4S. The molecule has 0 saturated heterocycles. The number of carbonyl (C=O) groups excluding carboxylic acids is 1. The van der Waals surface area contributed by atoms with E-state index in [1.54, 1.807) is 24.4 Å². The fourth-order valence-corrected chi connectivity index (χ4v) is 4.07. The van der Waals surface area contributed by atoms with E-state index in [1.807, 2.05) is 0 Å². The van der Waals surface area contributed by atoms with Crippen molar-refractivity contribution in [2.45, 2.75) is 24.2 Å². The first-order valence-electron chi connectivity index (χ1n) is 9.57. The molecule has 33 heavy (non-hydrogen) atoms. The van der Waals surface area contributed by atoms with E-state index >= 15 is 0 Å². The Bertz CT molecular complexity index is 1310. The van der Waals surface area contributed by atoms with Gasteiger partial charge >= 0.3 is 6.18 Å². The van der Waals surface area contributed by atoms with E-state index in [1.165, 1.54) is 15.6 Å². The Morgan fingerprint density at radius 1 is 1.15 bits per heavy atom. The number of para-hydroxylation sites is 1. The first kappa shape index (κ1) is 22.8. The zero-order chi connectivity index (χ0) is 24.0. The van der Waals surface area contributed by atoms with Crippen molar-refractivity contribution < 1.29 is 35.5 Å². The third kappa shape index (κ3) is 4.85. The third-order valence-electron chi connectivity index (χ3n) is 4.97. The Morgan fingerprint density at radius 3 is 2.52 bits per heavy atom. The maximum Gasteiger partial charge on any atom is 0.422 e. The Kier molecular flexibility index (Phi) is 5.64. The number of halogens is 4. The summed E-state index contributed by atoms with van der Waals surface area (Å²) in [6, 6.07) is 9.13. The van der Waals surface area contributed by atoms with E-state index in [9.17, 15) is 30.8 Å². The Balaban J connectivity index is 1.61. The summed E-state index contributed by atoms with van der Waals surface area (Å²) in [5.74, 6) is -1.57. The molecule has 0 unspecified atom stereocenters. The number of hydrogen-bond donors (Lipinski definition) is 0. The number of nitrogens with zero attached hydrogens (tertiary/aromatic N) is 3. The number of aromatic nitrogens is 2. The Morgan fingerprint density at radius 2 is 1.88 bits per heavy atom. The quantitative estimate of drug-likeness (QED) is 0.519. The third-order valence-corrected chi connectivity index (χ3v) is 6.08. The molecule has 0 fully saturated rings. The van der Waals surface area contributed by atoms with Crippen molar-refractivity contribution in [3.05, 3.63) is 71.3 Å². The first-order chi connectivity index (χ1) is 15.4. The maximum atomic E-state index is 14.0. The van der Waals surface area contributed by atoms with Crippen molar-refractivity contribution in [2.75, 3.05) is 12.9 Å². The van der Waals surface area contributed by atoms with E-state index in [0.29, 0.717) is 11.3 Å². The number of ether oxygens (including phenoxy) is 1. The van der Waals surface area contributed by atoms with Gasteiger partial charge in [0.15, 0.2) is 16.4 Å². The van der Waals surface area contributed by atoms with Gasteiger partial charge in [0.25, 0.3) is 5.91 Å². The average molecular weight is 483 g/mol. The van der Waals surface area contributed by atoms with E-state index in [2.05, 4.69) is 5.10 Å². The van der Waals surface area contributed by atoms with Gasteiger partial charge in [-0.25, -0.2) is 17.5 Å². The smallest absolute Gasteiger partial charge is 0.422 e. The molecule has 174 valence electrons. The fraction of sp³-hybridized carbons (Fsp3) is 0.238. The molecule has 0 atom stereocenters. The lowest BCUT2D eigenvalue weighted by Gasteiger charge is -2.19. The molecule has 0 spiro atoms. The van der Waals surface area contributed by atoms with Gasteiger partial charge in [-0.05, 0) is 30.3 Å². The van der Waals surface area contributed by atoms with Crippen LogP contribution < -0.4 is 4.74 Å². The van der Waals surface area contributed by atoms with Gasteiger partial charge in [-0.3, -0.25) is 4.79 Å². The molecule has 0 bridgehead atoms. The summed E-state index contributed by atoms with van der Waals surface area (Å²) in [4.78, 5) is 14.2. The van der Waals surface area contributed by atoms with Gasteiger partial charge in [-0.1, -0.05) is 12.1 Å². The van der Waals surface area contributed by atoms with Crippen molar-refractivity contribution in [3.63, 3.8) is 0 Å². The largest absolute Gasteiger partial charge is 0.483 e. The van der Waals surface area contributed by atoms with Gasteiger partial charge in [-0.2, -0.15) is 18.3 Å². The maximum absolute atomic E-state index is 14.0. The number of alkyl halides is 3. The van der Waals surface area contributed by atoms with Gasteiger partial charge in [-0.15, -0.1) is 0 Å². The highest BCUT2D eigenvalue weighted by Gasteiger charge is 2.32. The van der Waals surface area contributed by atoms with E-state index in [0.717, 1.165) is 24.5 Å². The van der Waals surface area contributed by atoms with Gasteiger partial charge in [0.1, 0.15) is 17.3 Å². The summed E-state index contributed by atoms with van der Waals surface area (Å²) in [5.41, 5.74) is 1.04. The minimum absolute atomic E-state index is 0.0113. The highest BCUT2D eigenvalue weighted by Crippen LogP contribution is 2.30. The predicted molar refractivity (Wildman–Crippen MR) is 108 cm³/mol. The average Bonchev–Trinajstić information content (AvgIpc) is 3.30. The van der Waals surface area contributed by atoms with Crippen LogP contribution in [0.5, 0.6) is 5.75 Å². The molecule has 1 amide bonds. The molecular weight excluding hydrogens is 466 g/mol. The number of benzene rings is 2. The molecule has 4 rings (SSSR count). The summed E-state index contributed by atoms with van der Waals surface area (Å²) < 4.78 is 81.9. The monoisotopic (exact) mass is 483 g/mol. The van der Waals surface area contributed by atoms with Crippen LogP contribution in [0.4, 0.5) is 17.6 Å². The second-order valence-electron chi connectivity index (χ2n) is 7.49. The molecule has 7 nitrogen and oxygen atoms in total. The van der Waals surface area contributed by atoms with Crippen LogP contribution in [0.2, 0.25) is 0 Å². The molecule has 0 aliphatic carbocycles. The van der Waals surface area contributed by atoms with Crippen LogP contribution in [0.15, 0.2) is 53.6 Å². The van der Waals surface area contributed by atoms with Crippen LogP contribution in [0.1, 0.15) is 21.6 Å². The summed E-state index contributed by atoms with van der Waals surface area (Å²) in [5, 5.41) is 4.30. The van der Waals surface area contributed by atoms with Crippen LogP contribution in [0, 0.1) is 5.82 Å². The van der Waals surface area contributed by atoms with E-state index in [-0.39, 0.29) is 35.0 Å². The van der Waals surface area contributed by atoms with Crippen LogP contribution in [0.25, 0.3) is 5.69 Å². The standard InChI is InChI=1S/C21H17F4N3O4S/c1-33(30,31)14-6-7-19(32-12-21(23,24)25)15(8-14)20(29)27-9-13-10-28(26-17(13)11-27)18-5-3-2-4-16(18)22/h2-8,10H,9,11-12H2,1H3. The summed E-state index contributed by atoms with van der Waals surface area (Å²) >= 11 is 0. The minimum atomic E-state index is -4.64. The van der Waals surface area contributed by atoms with Crippen molar-refractivity contribution >= 4 is 15.7 Å². The first-order valence-corrected chi connectivity index (χ1v) is 11.5. The van der Waals surface area contributed by atoms with E-state index < -0.39 is 34.3 Å². The fourth-order valence-electron chi connectivity index (χ4n) is 3.42. The number of carbonyl (C=O) groups is 1. The highest BCUT2D eigenvalue weighted by molar-refractivity contribution is 7.90. The topological polar surface area (TPSA) is 81.5 Å². The second kappa shape index (κ2) is 8.18. The van der Waals surface area contributed by atoms with Crippen LogP contribution in [-0.2, 0) is 22.9 Å². The summed E-state index contributed by atoms with van der Waals surface area (Å²) in [6.07, 6.45) is -2.16. The Labute approximate surface area is 186 Å². The number of amides is 1. The number of rotatable bonds is 5. The minimum Gasteiger partial charge on any atom is -0.483 e. The lowest BCUT2D eigenvalue weighted by Crippen LogP contribution is -2.27. The molecule has 2 aromatic carbocycles. The van der Waals surface area contributed by atoms with Crippen molar-refractivity contribution in [2.24, 2.45) is 0 Å². The van der Waals surface area contributed by atoms with Gasteiger partial charge < -0.3 is 9.64 Å². The van der Waals surface area contributed by atoms with Crippen molar-refractivity contribution in [1.29, 1.82) is 0 Å². The highest BCUT2D eigenvalue weighted by atomic mass is 32.2. The lowest BCUT2D eigenvalue weighted by molar-refractivity contribution is -0.153. The molecule has 1 aliphatic rings. The molecule has 0 N–H and O–H groups in total. The molecule has 12 heteroatoms. The summed E-state index contributed by atoms with van der Waals surface area (Å²) in [7, 11) is -3.73. The molecule has 0 saturated carbocycles. The molecule has 2 heterocycles. The van der Waals surface area contributed by atoms with Gasteiger partial charge in [0, 0.05) is 24.6 Å². The van der Waals surface area contributed by atoms with Crippen molar-refractivity contribution in [3.8, 4) is 11.4 Å². The molecule has 3 aromatic rings. The zero-order valence-corrected chi connectivity index (χ0v) is 18.0.